The van der Waals surface area contributed by atoms with Crippen molar-refractivity contribution >= 4 is 11.6 Å². The second kappa shape index (κ2) is 3.32. The lowest BCUT2D eigenvalue weighted by atomic mass is 9.82. The van der Waals surface area contributed by atoms with Crippen LogP contribution in [0.4, 0.5) is 5.69 Å². The Kier molecular flexibility index (Phi) is 2.04. The van der Waals surface area contributed by atoms with E-state index in [4.69, 9.17) is 0 Å². The number of hydrogen-bond acceptors (Lipinski definition) is 2. The number of fused-ring (bicyclic) bond motifs is 2. The molecule has 1 aromatic rings. The van der Waals surface area contributed by atoms with Gasteiger partial charge in [-0.2, -0.15) is 0 Å². The van der Waals surface area contributed by atoms with Gasteiger partial charge in [-0.05, 0) is 38.9 Å². The lowest BCUT2D eigenvalue weighted by molar-refractivity contribution is -0.129. The fourth-order valence-corrected chi connectivity index (χ4v) is 3.04. The number of likely N-dealkylation sites (N-methyl/N-ethyl adjacent to an activating group) is 1. The average molecular weight is 216 g/mol. The standard InChI is InChI=1S/C13H16N2O/c1-15-9-5-4-8-13(15)10-6-2-3-7-11(10)14-12(13)16/h2-3,6-7H,4-5,8-9H2,1H3,(H,14,16)/t13-/m0/s1. The number of amides is 1. The van der Waals surface area contributed by atoms with E-state index in [0.29, 0.717) is 0 Å². The zero-order chi connectivity index (χ0) is 11.2. The van der Waals surface area contributed by atoms with Gasteiger partial charge in [0.2, 0.25) is 5.91 Å². The van der Waals surface area contributed by atoms with Gasteiger partial charge in [0, 0.05) is 11.3 Å². The smallest absolute Gasteiger partial charge is 0.249 e. The first-order chi connectivity index (χ1) is 7.75. The fraction of sp³-hybridized carbons (Fsp3) is 0.462. The molecule has 0 radical (unpaired) electrons. The maximum absolute atomic E-state index is 12.3. The van der Waals surface area contributed by atoms with E-state index < -0.39 is 5.54 Å². The summed E-state index contributed by atoms with van der Waals surface area (Å²) in [5.41, 5.74) is 1.75. The van der Waals surface area contributed by atoms with Crippen LogP contribution in [-0.4, -0.2) is 24.4 Å². The quantitative estimate of drug-likeness (QED) is 0.719. The van der Waals surface area contributed by atoms with Crippen LogP contribution in [-0.2, 0) is 10.3 Å². The zero-order valence-corrected chi connectivity index (χ0v) is 9.49. The van der Waals surface area contributed by atoms with Crippen LogP contribution in [0.15, 0.2) is 24.3 Å². The Bertz CT molecular complexity index is 443. The predicted molar refractivity (Wildman–Crippen MR) is 63.2 cm³/mol. The Morgan fingerprint density at radius 3 is 2.94 bits per heavy atom. The molecule has 0 aliphatic carbocycles. The fourth-order valence-electron chi connectivity index (χ4n) is 3.04. The maximum Gasteiger partial charge on any atom is 0.249 e. The molecule has 0 saturated carbocycles. The van der Waals surface area contributed by atoms with Gasteiger partial charge in [-0.1, -0.05) is 18.2 Å². The van der Waals surface area contributed by atoms with E-state index in [1.54, 1.807) is 0 Å². The van der Waals surface area contributed by atoms with E-state index in [9.17, 15) is 4.79 Å². The van der Waals surface area contributed by atoms with Crippen molar-refractivity contribution in [3.05, 3.63) is 29.8 Å². The van der Waals surface area contributed by atoms with E-state index in [-0.39, 0.29) is 5.91 Å². The lowest BCUT2D eigenvalue weighted by Crippen LogP contribution is -2.51. The van der Waals surface area contributed by atoms with Crippen molar-refractivity contribution in [3.8, 4) is 0 Å². The molecule has 16 heavy (non-hydrogen) atoms. The highest BCUT2D eigenvalue weighted by atomic mass is 16.2. The minimum Gasteiger partial charge on any atom is -0.324 e. The maximum atomic E-state index is 12.3. The molecule has 2 aliphatic rings. The molecule has 1 saturated heterocycles. The molecule has 1 spiro atoms. The van der Waals surface area contributed by atoms with Gasteiger partial charge in [-0.15, -0.1) is 0 Å². The van der Waals surface area contributed by atoms with Gasteiger partial charge in [0.25, 0.3) is 0 Å². The Morgan fingerprint density at radius 1 is 1.31 bits per heavy atom. The number of nitrogens with zero attached hydrogens (tertiary/aromatic N) is 1. The number of carbonyl (C=O) groups excluding carboxylic acids is 1. The third-order valence-electron chi connectivity index (χ3n) is 3.93. The largest absolute Gasteiger partial charge is 0.324 e. The highest BCUT2D eigenvalue weighted by molar-refractivity contribution is 6.05. The number of piperidine rings is 1. The van der Waals surface area contributed by atoms with Crippen molar-refractivity contribution in [3.63, 3.8) is 0 Å². The molecule has 3 heteroatoms. The van der Waals surface area contributed by atoms with Crippen LogP contribution in [0, 0.1) is 0 Å². The number of anilines is 1. The Balaban J connectivity index is 2.16. The summed E-state index contributed by atoms with van der Waals surface area (Å²) in [5.74, 6) is 0.149. The van der Waals surface area contributed by atoms with E-state index in [2.05, 4.69) is 23.3 Å². The topological polar surface area (TPSA) is 32.3 Å². The molecule has 1 fully saturated rings. The van der Waals surface area contributed by atoms with Gasteiger partial charge in [-0.25, -0.2) is 0 Å². The first kappa shape index (κ1) is 9.85. The molecule has 1 amide bonds. The van der Waals surface area contributed by atoms with Gasteiger partial charge >= 0.3 is 0 Å². The minimum atomic E-state index is -0.394. The van der Waals surface area contributed by atoms with Gasteiger partial charge in [0.15, 0.2) is 0 Å². The predicted octanol–water partition coefficient (Wildman–Crippen LogP) is 1.95. The van der Waals surface area contributed by atoms with Crippen LogP contribution < -0.4 is 5.32 Å². The summed E-state index contributed by atoms with van der Waals surface area (Å²) in [6, 6.07) is 8.06. The molecule has 0 unspecified atom stereocenters. The van der Waals surface area contributed by atoms with Crippen LogP contribution in [0.2, 0.25) is 0 Å². The minimum absolute atomic E-state index is 0.149. The summed E-state index contributed by atoms with van der Waals surface area (Å²) in [4.78, 5) is 14.5. The van der Waals surface area contributed by atoms with E-state index in [0.717, 1.165) is 30.6 Å². The summed E-state index contributed by atoms with van der Waals surface area (Å²) in [6.07, 6.45) is 3.26. The number of carbonyl (C=O) groups is 1. The van der Waals surface area contributed by atoms with Crippen molar-refractivity contribution in [2.45, 2.75) is 24.8 Å². The van der Waals surface area contributed by atoms with Gasteiger partial charge in [0.1, 0.15) is 5.54 Å². The first-order valence-corrected chi connectivity index (χ1v) is 5.87. The lowest BCUT2D eigenvalue weighted by Gasteiger charge is -2.40. The third kappa shape index (κ3) is 1.09. The van der Waals surface area contributed by atoms with Crippen molar-refractivity contribution in [2.75, 3.05) is 18.9 Å². The zero-order valence-electron chi connectivity index (χ0n) is 9.49. The third-order valence-corrected chi connectivity index (χ3v) is 3.93. The number of hydrogen-bond donors (Lipinski definition) is 1. The van der Waals surface area contributed by atoms with Crippen LogP contribution in [0.1, 0.15) is 24.8 Å². The Labute approximate surface area is 95.4 Å². The molecule has 0 aromatic heterocycles. The molecule has 0 bridgehead atoms. The van der Waals surface area contributed by atoms with Gasteiger partial charge < -0.3 is 5.32 Å². The van der Waals surface area contributed by atoms with Crippen molar-refractivity contribution in [1.29, 1.82) is 0 Å². The molecular formula is C13H16N2O. The SMILES string of the molecule is CN1CCCC[C@]12C(=O)Nc1ccccc12. The van der Waals surface area contributed by atoms with Crippen molar-refractivity contribution in [2.24, 2.45) is 0 Å². The van der Waals surface area contributed by atoms with Gasteiger partial charge in [-0.3, -0.25) is 9.69 Å². The molecule has 1 atom stereocenters. The van der Waals surface area contributed by atoms with E-state index >= 15 is 0 Å². The molecule has 3 nitrogen and oxygen atoms in total. The Morgan fingerprint density at radius 2 is 2.12 bits per heavy atom. The second-order valence-corrected chi connectivity index (χ2v) is 4.74. The number of nitrogens with one attached hydrogen (secondary N) is 1. The normalized spacial score (nSPS) is 29.2. The van der Waals surface area contributed by atoms with Crippen LogP contribution in [0.3, 0.4) is 0 Å². The Hall–Kier alpha value is -1.35. The van der Waals surface area contributed by atoms with E-state index in [1.165, 1.54) is 6.42 Å². The van der Waals surface area contributed by atoms with Crippen LogP contribution >= 0.6 is 0 Å². The molecular weight excluding hydrogens is 200 g/mol. The molecule has 1 N–H and O–H groups in total. The van der Waals surface area contributed by atoms with Crippen LogP contribution in [0.25, 0.3) is 0 Å². The molecule has 2 aliphatic heterocycles. The number of benzene rings is 1. The van der Waals surface area contributed by atoms with E-state index in [1.807, 2.05) is 18.2 Å². The summed E-state index contributed by atoms with van der Waals surface area (Å²) in [5, 5.41) is 3.01. The second-order valence-electron chi connectivity index (χ2n) is 4.74. The summed E-state index contributed by atoms with van der Waals surface area (Å²) < 4.78 is 0. The number of para-hydroxylation sites is 1. The summed E-state index contributed by atoms with van der Waals surface area (Å²) in [6.45, 7) is 1.00. The summed E-state index contributed by atoms with van der Waals surface area (Å²) >= 11 is 0. The molecule has 84 valence electrons. The van der Waals surface area contributed by atoms with Crippen molar-refractivity contribution < 1.29 is 4.79 Å². The van der Waals surface area contributed by atoms with Gasteiger partial charge in [0.05, 0.1) is 0 Å². The van der Waals surface area contributed by atoms with Crippen molar-refractivity contribution in [1.82, 2.24) is 4.90 Å². The first-order valence-electron chi connectivity index (χ1n) is 5.87. The summed E-state index contributed by atoms with van der Waals surface area (Å²) in [7, 11) is 2.06. The molecule has 3 rings (SSSR count). The highest BCUT2D eigenvalue weighted by Crippen LogP contribution is 2.45. The highest BCUT2D eigenvalue weighted by Gasteiger charge is 2.50. The number of likely N-dealkylation sites (tertiary alicyclic amines) is 1. The monoisotopic (exact) mass is 216 g/mol. The number of rotatable bonds is 0. The average Bonchev–Trinajstić information content (AvgIpc) is 2.57. The van der Waals surface area contributed by atoms with Crippen LogP contribution in [0.5, 0.6) is 0 Å². The molecule has 2 heterocycles. The molecule has 1 aromatic carbocycles.